The highest BCUT2D eigenvalue weighted by molar-refractivity contribution is 7.99. The third-order valence-electron chi connectivity index (χ3n) is 1.73. The van der Waals surface area contributed by atoms with Crippen LogP contribution in [0.15, 0.2) is 22.6 Å². The van der Waals surface area contributed by atoms with Crippen molar-refractivity contribution >= 4 is 17.6 Å². The molecule has 0 radical (unpaired) electrons. The van der Waals surface area contributed by atoms with Gasteiger partial charge in [0.1, 0.15) is 5.69 Å². The van der Waals surface area contributed by atoms with Gasteiger partial charge in [0.05, 0.1) is 0 Å². The van der Waals surface area contributed by atoms with Crippen LogP contribution in [0.25, 0.3) is 0 Å². The maximum atomic E-state index is 8.49. The molecule has 0 atom stereocenters. The van der Waals surface area contributed by atoms with Crippen molar-refractivity contribution in [3.63, 3.8) is 0 Å². The third kappa shape index (κ3) is 3.75. The first kappa shape index (κ1) is 11.8. The molecule has 82 valence electrons. The molecule has 0 aromatic carbocycles. The van der Waals surface area contributed by atoms with Gasteiger partial charge in [-0.3, -0.25) is 0 Å². The van der Waals surface area contributed by atoms with Gasteiger partial charge >= 0.3 is 0 Å². The molecule has 15 heavy (non-hydrogen) atoms. The normalized spacial score (nSPS) is 11.7. The van der Waals surface area contributed by atoms with E-state index >= 15 is 0 Å². The van der Waals surface area contributed by atoms with Gasteiger partial charge in [-0.1, -0.05) is 30.3 Å². The zero-order chi connectivity index (χ0) is 11.1. The van der Waals surface area contributed by atoms with Crippen molar-refractivity contribution in [2.24, 2.45) is 10.9 Å². The monoisotopic (exact) mass is 226 g/mol. The molecule has 1 rings (SSSR count). The van der Waals surface area contributed by atoms with E-state index in [-0.39, 0.29) is 5.84 Å². The zero-order valence-electron chi connectivity index (χ0n) is 8.55. The SMILES string of the molecule is CCCCSc1nccc(/C(N)=N/O)n1. The number of thioether (sulfide) groups is 1. The van der Waals surface area contributed by atoms with Crippen LogP contribution in [0.1, 0.15) is 25.5 Å². The predicted molar refractivity (Wildman–Crippen MR) is 60.2 cm³/mol. The first-order valence-electron chi connectivity index (χ1n) is 4.71. The molecule has 1 aromatic rings. The van der Waals surface area contributed by atoms with Gasteiger partial charge < -0.3 is 10.9 Å². The molecule has 0 aliphatic heterocycles. The average molecular weight is 226 g/mol. The average Bonchev–Trinajstić information content (AvgIpc) is 2.29. The lowest BCUT2D eigenvalue weighted by Gasteiger charge is -2.01. The highest BCUT2D eigenvalue weighted by Crippen LogP contribution is 2.14. The predicted octanol–water partition coefficient (Wildman–Crippen LogP) is 1.46. The first-order valence-corrected chi connectivity index (χ1v) is 5.70. The van der Waals surface area contributed by atoms with Crippen LogP contribution in [0.2, 0.25) is 0 Å². The number of unbranched alkanes of at least 4 members (excludes halogenated alkanes) is 1. The van der Waals surface area contributed by atoms with Gasteiger partial charge in [-0.05, 0) is 12.5 Å². The first-order chi connectivity index (χ1) is 7.27. The Balaban J connectivity index is 2.66. The third-order valence-corrected chi connectivity index (χ3v) is 2.68. The Bertz CT molecular complexity index is 343. The van der Waals surface area contributed by atoms with Crippen LogP contribution in [0.3, 0.4) is 0 Å². The van der Waals surface area contributed by atoms with Crippen LogP contribution in [0, 0.1) is 0 Å². The summed E-state index contributed by atoms with van der Waals surface area (Å²) in [7, 11) is 0. The van der Waals surface area contributed by atoms with E-state index in [4.69, 9.17) is 10.9 Å². The van der Waals surface area contributed by atoms with Gasteiger partial charge in [-0.15, -0.1) is 0 Å². The van der Waals surface area contributed by atoms with E-state index in [0.717, 1.165) is 18.6 Å². The molecule has 1 heterocycles. The summed E-state index contributed by atoms with van der Waals surface area (Å²) < 4.78 is 0. The fourth-order valence-corrected chi connectivity index (χ4v) is 1.83. The summed E-state index contributed by atoms with van der Waals surface area (Å²) in [5.41, 5.74) is 5.87. The minimum absolute atomic E-state index is 0.00902. The maximum absolute atomic E-state index is 8.49. The molecular formula is C9H14N4OS. The summed E-state index contributed by atoms with van der Waals surface area (Å²) in [6.45, 7) is 2.13. The summed E-state index contributed by atoms with van der Waals surface area (Å²) in [5, 5.41) is 12.0. The number of amidine groups is 1. The lowest BCUT2D eigenvalue weighted by atomic mass is 10.4. The molecule has 3 N–H and O–H groups in total. The zero-order valence-corrected chi connectivity index (χ0v) is 9.37. The van der Waals surface area contributed by atoms with E-state index in [9.17, 15) is 0 Å². The Labute approximate surface area is 92.8 Å². The maximum Gasteiger partial charge on any atom is 0.188 e. The van der Waals surface area contributed by atoms with Crippen LogP contribution in [-0.4, -0.2) is 26.8 Å². The van der Waals surface area contributed by atoms with Crippen LogP contribution in [-0.2, 0) is 0 Å². The van der Waals surface area contributed by atoms with E-state index < -0.39 is 0 Å². The van der Waals surface area contributed by atoms with E-state index in [1.54, 1.807) is 24.0 Å². The van der Waals surface area contributed by atoms with Crippen molar-refractivity contribution in [2.75, 3.05) is 5.75 Å². The standard InChI is InChI=1S/C9H14N4OS/c1-2-3-6-15-9-11-5-4-7(12-9)8(10)13-14/h4-5,14H,2-3,6H2,1H3,(H2,10,13). The number of hydrogen-bond donors (Lipinski definition) is 2. The van der Waals surface area contributed by atoms with Crippen LogP contribution >= 0.6 is 11.8 Å². The van der Waals surface area contributed by atoms with Crippen LogP contribution in [0.4, 0.5) is 0 Å². The largest absolute Gasteiger partial charge is 0.409 e. The van der Waals surface area contributed by atoms with Gasteiger partial charge in [-0.25, -0.2) is 9.97 Å². The summed E-state index contributed by atoms with van der Waals surface area (Å²) in [6.07, 6.45) is 3.88. The second-order valence-electron chi connectivity index (χ2n) is 2.91. The van der Waals surface area contributed by atoms with Crippen molar-refractivity contribution in [1.82, 2.24) is 9.97 Å². The Hall–Kier alpha value is -1.30. The van der Waals surface area contributed by atoms with Crippen molar-refractivity contribution in [3.05, 3.63) is 18.0 Å². The lowest BCUT2D eigenvalue weighted by Crippen LogP contribution is -2.15. The molecule has 0 fully saturated rings. The number of nitrogens with two attached hydrogens (primary N) is 1. The fourth-order valence-electron chi connectivity index (χ4n) is 0.912. The number of nitrogens with zero attached hydrogens (tertiary/aromatic N) is 3. The van der Waals surface area contributed by atoms with Crippen molar-refractivity contribution in [3.8, 4) is 0 Å². The minimum atomic E-state index is 0.00902. The molecule has 0 amide bonds. The summed E-state index contributed by atoms with van der Waals surface area (Å²) in [4.78, 5) is 8.24. The van der Waals surface area contributed by atoms with E-state index in [1.165, 1.54) is 0 Å². The van der Waals surface area contributed by atoms with Gasteiger partial charge in [0.2, 0.25) is 0 Å². The molecule has 0 saturated carbocycles. The number of oxime groups is 1. The van der Waals surface area contributed by atoms with Gasteiger partial charge in [0.15, 0.2) is 11.0 Å². The Morgan fingerprint density at radius 3 is 3.13 bits per heavy atom. The minimum Gasteiger partial charge on any atom is -0.409 e. The molecular weight excluding hydrogens is 212 g/mol. The highest BCUT2D eigenvalue weighted by Gasteiger charge is 2.03. The molecule has 0 unspecified atom stereocenters. The molecule has 0 aliphatic carbocycles. The Kier molecular flexibility index (Phi) is 4.89. The van der Waals surface area contributed by atoms with E-state index in [2.05, 4.69) is 22.0 Å². The van der Waals surface area contributed by atoms with Gasteiger partial charge in [0.25, 0.3) is 0 Å². The van der Waals surface area contributed by atoms with Crippen LogP contribution in [0.5, 0.6) is 0 Å². The Morgan fingerprint density at radius 1 is 1.67 bits per heavy atom. The van der Waals surface area contributed by atoms with Gasteiger partial charge in [0, 0.05) is 11.9 Å². The molecule has 1 aromatic heterocycles. The number of hydrogen-bond acceptors (Lipinski definition) is 5. The molecule has 5 nitrogen and oxygen atoms in total. The van der Waals surface area contributed by atoms with E-state index in [0.29, 0.717) is 10.9 Å². The number of rotatable bonds is 5. The van der Waals surface area contributed by atoms with Crippen LogP contribution < -0.4 is 5.73 Å². The fraction of sp³-hybridized carbons (Fsp3) is 0.444. The molecule has 0 spiro atoms. The van der Waals surface area contributed by atoms with Gasteiger partial charge in [-0.2, -0.15) is 0 Å². The molecule has 0 saturated heterocycles. The number of aromatic nitrogens is 2. The topological polar surface area (TPSA) is 84.4 Å². The molecule has 0 bridgehead atoms. The summed E-state index contributed by atoms with van der Waals surface area (Å²) in [6, 6.07) is 1.61. The van der Waals surface area contributed by atoms with Crippen molar-refractivity contribution in [1.29, 1.82) is 0 Å². The van der Waals surface area contributed by atoms with Crippen molar-refractivity contribution < 1.29 is 5.21 Å². The second-order valence-corrected chi connectivity index (χ2v) is 3.97. The summed E-state index contributed by atoms with van der Waals surface area (Å²) in [5.74, 6) is 0.991. The molecule has 0 aliphatic rings. The quantitative estimate of drug-likeness (QED) is 0.151. The molecule has 6 heteroatoms. The summed E-state index contributed by atoms with van der Waals surface area (Å²) >= 11 is 1.57. The second kappa shape index (κ2) is 6.23. The smallest absolute Gasteiger partial charge is 0.188 e. The van der Waals surface area contributed by atoms with E-state index in [1.807, 2.05) is 0 Å². The highest BCUT2D eigenvalue weighted by atomic mass is 32.2. The lowest BCUT2D eigenvalue weighted by molar-refractivity contribution is 0.318. The Morgan fingerprint density at radius 2 is 2.47 bits per heavy atom. The van der Waals surface area contributed by atoms with Crippen molar-refractivity contribution in [2.45, 2.75) is 24.9 Å².